The smallest absolute Gasteiger partial charge is 0.227 e. The summed E-state index contributed by atoms with van der Waals surface area (Å²) < 4.78 is 4.19. The number of nitrogens with one attached hydrogen (secondary N) is 1. The topological polar surface area (TPSA) is 58.9 Å². The quantitative estimate of drug-likeness (QED) is 0.712. The normalized spacial score (nSPS) is 12.8. The molecule has 2 aromatic heterocycles. The molecule has 0 saturated heterocycles. The van der Waals surface area contributed by atoms with Crippen LogP contribution in [0.3, 0.4) is 0 Å². The van der Waals surface area contributed by atoms with Gasteiger partial charge >= 0.3 is 0 Å². The van der Waals surface area contributed by atoms with Crippen LogP contribution in [-0.2, 0) is 19.9 Å². The van der Waals surface area contributed by atoms with Crippen LogP contribution in [0.25, 0.3) is 11.4 Å². The third-order valence-electron chi connectivity index (χ3n) is 4.51. The molecule has 6 nitrogen and oxygen atoms in total. The second-order valence-electron chi connectivity index (χ2n) is 6.63. The monoisotopic (exact) mass is 366 g/mol. The molecule has 0 atom stereocenters. The number of rotatable bonds is 4. The summed E-state index contributed by atoms with van der Waals surface area (Å²) in [6.07, 6.45) is 3.83. The van der Waals surface area contributed by atoms with Gasteiger partial charge in [-0.2, -0.15) is 0 Å². The number of anilines is 2. The van der Waals surface area contributed by atoms with Crippen molar-refractivity contribution in [2.24, 2.45) is 7.05 Å². The van der Waals surface area contributed by atoms with Crippen LogP contribution in [0.4, 0.5) is 11.6 Å². The van der Waals surface area contributed by atoms with E-state index in [4.69, 9.17) is 4.98 Å². The molecular formula is C19H22N6S. The predicted molar refractivity (Wildman–Crippen MR) is 106 cm³/mol. The number of hydrogen-bond donors (Lipinski definition) is 1. The number of fused-ring (bicyclic) bond motifs is 3. The molecule has 1 aromatic carbocycles. The van der Waals surface area contributed by atoms with Gasteiger partial charge in [0.1, 0.15) is 5.82 Å². The molecule has 4 rings (SSSR count). The van der Waals surface area contributed by atoms with Crippen LogP contribution in [0.2, 0.25) is 0 Å². The predicted octanol–water partition coefficient (Wildman–Crippen LogP) is 3.60. The van der Waals surface area contributed by atoms with Crippen molar-refractivity contribution in [1.29, 1.82) is 0 Å². The van der Waals surface area contributed by atoms with E-state index in [0.717, 1.165) is 41.4 Å². The van der Waals surface area contributed by atoms with Crippen molar-refractivity contribution >= 4 is 23.6 Å². The summed E-state index contributed by atoms with van der Waals surface area (Å²) in [7, 11) is 6.12. The van der Waals surface area contributed by atoms with E-state index in [1.807, 2.05) is 46.4 Å². The molecule has 0 radical (unpaired) electrons. The van der Waals surface area contributed by atoms with E-state index in [-0.39, 0.29) is 0 Å². The van der Waals surface area contributed by atoms with Gasteiger partial charge in [0.05, 0.1) is 17.1 Å². The zero-order valence-electron chi connectivity index (χ0n) is 15.4. The number of imidazole rings is 1. The van der Waals surface area contributed by atoms with E-state index in [0.29, 0.717) is 5.95 Å². The summed E-state index contributed by atoms with van der Waals surface area (Å²) in [6, 6.07) is 8.28. The standard InChI is InChI=1S/C19H22N6S/c1-12-21-16-10-5-13-11-20-19(23-17(13)18(16)25(12)4)22-14-6-8-15(9-7-14)26-24(2)3/h6-9,11H,5,10H2,1-4H3,(H,20,22,23). The van der Waals surface area contributed by atoms with E-state index in [1.54, 1.807) is 11.9 Å². The van der Waals surface area contributed by atoms with Crippen LogP contribution in [-0.4, -0.2) is 37.9 Å². The highest BCUT2D eigenvalue weighted by Gasteiger charge is 2.24. The van der Waals surface area contributed by atoms with Gasteiger partial charge in [-0.3, -0.25) is 4.31 Å². The molecule has 26 heavy (non-hydrogen) atoms. The van der Waals surface area contributed by atoms with Gasteiger partial charge in [0, 0.05) is 23.8 Å². The summed E-state index contributed by atoms with van der Waals surface area (Å²) in [5.41, 5.74) is 5.40. The van der Waals surface area contributed by atoms with E-state index >= 15 is 0 Å². The Labute approximate surface area is 157 Å². The first-order chi connectivity index (χ1) is 12.5. The Morgan fingerprint density at radius 3 is 2.62 bits per heavy atom. The lowest BCUT2D eigenvalue weighted by atomic mass is 9.98. The van der Waals surface area contributed by atoms with Crippen LogP contribution >= 0.6 is 11.9 Å². The van der Waals surface area contributed by atoms with Gasteiger partial charge in [0.25, 0.3) is 0 Å². The van der Waals surface area contributed by atoms with Crippen molar-refractivity contribution < 1.29 is 0 Å². The average molecular weight is 366 g/mol. The minimum Gasteiger partial charge on any atom is -0.330 e. The lowest BCUT2D eigenvalue weighted by molar-refractivity contribution is 0.702. The highest BCUT2D eigenvalue weighted by atomic mass is 32.2. The number of benzene rings is 1. The zero-order chi connectivity index (χ0) is 18.3. The van der Waals surface area contributed by atoms with Gasteiger partial charge in [-0.1, -0.05) is 0 Å². The molecule has 0 amide bonds. The minimum absolute atomic E-state index is 0.614. The number of aromatic nitrogens is 4. The molecule has 7 heteroatoms. The molecule has 0 spiro atoms. The van der Waals surface area contributed by atoms with Gasteiger partial charge in [0.2, 0.25) is 5.95 Å². The van der Waals surface area contributed by atoms with Crippen LogP contribution in [0.5, 0.6) is 0 Å². The molecule has 2 heterocycles. The fourth-order valence-corrected chi connectivity index (χ4v) is 3.88. The van der Waals surface area contributed by atoms with Gasteiger partial charge in [-0.15, -0.1) is 0 Å². The molecule has 0 fully saturated rings. The lowest BCUT2D eigenvalue weighted by Crippen LogP contribution is -2.10. The Bertz CT molecular complexity index is 945. The molecule has 0 unspecified atom stereocenters. The SMILES string of the molecule is Cc1nc2c(n1C)-c1nc(Nc3ccc(SN(C)C)cc3)ncc1CC2. The lowest BCUT2D eigenvalue weighted by Gasteiger charge is -2.17. The molecule has 0 saturated carbocycles. The maximum Gasteiger partial charge on any atom is 0.227 e. The molecule has 134 valence electrons. The van der Waals surface area contributed by atoms with Gasteiger partial charge < -0.3 is 9.88 Å². The van der Waals surface area contributed by atoms with Crippen molar-refractivity contribution in [1.82, 2.24) is 23.8 Å². The Kier molecular flexibility index (Phi) is 4.42. The summed E-state index contributed by atoms with van der Waals surface area (Å²) in [5, 5.41) is 3.32. The van der Waals surface area contributed by atoms with Crippen molar-refractivity contribution in [2.75, 3.05) is 19.4 Å². The Morgan fingerprint density at radius 1 is 1.12 bits per heavy atom. The second kappa shape index (κ2) is 6.74. The fraction of sp³-hybridized carbons (Fsp3) is 0.316. The minimum atomic E-state index is 0.614. The number of aryl methyl sites for hydroxylation is 3. The molecule has 1 N–H and O–H groups in total. The third kappa shape index (κ3) is 3.20. The summed E-state index contributed by atoms with van der Waals surface area (Å²) in [5.74, 6) is 1.63. The summed E-state index contributed by atoms with van der Waals surface area (Å²) >= 11 is 1.69. The van der Waals surface area contributed by atoms with E-state index < -0.39 is 0 Å². The van der Waals surface area contributed by atoms with Crippen LogP contribution < -0.4 is 5.32 Å². The van der Waals surface area contributed by atoms with Crippen molar-refractivity contribution in [3.63, 3.8) is 0 Å². The molecule has 1 aliphatic rings. The Morgan fingerprint density at radius 2 is 1.88 bits per heavy atom. The summed E-state index contributed by atoms with van der Waals surface area (Å²) in [4.78, 5) is 15.2. The van der Waals surface area contributed by atoms with Crippen LogP contribution in [0, 0.1) is 6.92 Å². The van der Waals surface area contributed by atoms with Gasteiger partial charge in [-0.05, 0) is 75.6 Å². The second-order valence-corrected chi connectivity index (χ2v) is 8.02. The van der Waals surface area contributed by atoms with E-state index in [9.17, 15) is 0 Å². The zero-order valence-corrected chi connectivity index (χ0v) is 16.3. The summed E-state index contributed by atoms with van der Waals surface area (Å²) in [6.45, 7) is 2.03. The van der Waals surface area contributed by atoms with Gasteiger partial charge in [0.15, 0.2) is 0 Å². The first-order valence-corrected chi connectivity index (χ1v) is 9.39. The van der Waals surface area contributed by atoms with E-state index in [1.165, 1.54) is 10.5 Å². The van der Waals surface area contributed by atoms with Crippen molar-refractivity contribution in [3.8, 4) is 11.4 Å². The van der Waals surface area contributed by atoms with Crippen molar-refractivity contribution in [3.05, 3.63) is 47.5 Å². The van der Waals surface area contributed by atoms with E-state index in [2.05, 4.69) is 36.3 Å². The fourth-order valence-electron chi connectivity index (χ4n) is 3.20. The molecule has 0 bridgehead atoms. The average Bonchev–Trinajstić information content (AvgIpc) is 2.91. The first kappa shape index (κ1) is 17.1. The highest BCUT2D eigenvalue weighted by molar-refractivity contribution is 7.97. The largest absolute Gasteiger partial charge is 0.330 e. The van der Waals surface area contributed by atoms with Crippen LogP contribution in [0.1, 0.15) is 17.1 Å². The third-order valence-corrected chi connectivity index (χ3v) is 5.36. The van der Waals surface area contributed by atoms with Crippen LogP contribution in [0.15, 0.2) is 35.4 Å². The van der Waals surface area contributed by atoms with Gasteiger partial charge in [-0.25, -0.2) is 15.0 Å². The maximum absolute atomic E-state index is 4.80. The molecular weight excluding hydrogens is 344 g/mol. The molecule has 3 aromatic rings. The van der Waals surface area contributed by atoms with Crippen molar-refractivity contribution in [2.45, 2.75) is 24.7 Å². The first-order valence-electron chi connectivity index (χ1n) is 8.62. The maximum atomic E-state index is 4.80. The number of nitrogens with zero attached hydrogens (tertiary/aromatic N) is 5. The Hall–Kier alpha value is -2.38. The molecule has 0 aliphatic heterocycles. The highest BCUT2D eigenvalue weighted by Crippen LogP contribution is 2.32. The molecule has 1 aliphatic carbocycles. The Balaban J connectivity index is 1.62. The number of hydrogen-bond acceptors (Lipinski definition) is 6.